The Labute approximate surface area is 224 Å². The number of thioether (sulfide) groups is 2. The van der Waals surface area contributed by atoms with Crippen LogP contribution < -0.4 is 21.2 Å². The summed E-state index contributed by atoms with van der Waals surface area (Å²) in [5.74, 6) is 1.91. The van der Waals surface area contributed by atoms with E-state index in [1.54, 1.807) is 23.5 Å². The summed E-state index contributed by atoms with van der Waals surface area (Å²) in [5.41, 5.74) is 0. The van der Waals surface area contributed by atoms with Gasteiger partial charge in [0.05, 0.1) is 7.88 Å². The molecule has 0 unspecified atom stereocenters. The molecule has 0 spiro atoms. The number of rotatable bonds is 9. The van der Waals surface area contributed by atoms with Crippen molar-refractivity contribution in [2.75, 3.05) is 11.5 Å². The topological polar surface area (TPSA) is 0 Å². The second-order valence-corrected chi connectivity index (χ2v) is 16.3. The molecule has 0 N–H and O–H groups in total. The molecule has 4 aromatic rings. The number of thiocarbonyl (C=S) groups is 2. The molecular formula is C28H24P2S4. The lowest BCUT2D eigenvalue weighted by molar-refractivity contribution is 1.58. The fourth-order valence-corrected chi connectivity index (χ4v) is 12.4. The third-order valence-electron chi connectivity index (χ3n) is 4.96. The van der Waals surface area contributed by atoms with E-state index < -0.39 is 15.8 Å². The molecule has 4 rings (SSSR count). The van der Waals surface area contributed by atoms with Crippen LogP contribution in [0.2, 0.25) is 0 Å². The first-order valence-electron chi connectivity index (χ1n) is 10.9. The molecule has 0 saturated carbocycles. The van der Waals surface area contributed by atoms with Gasteiger partial charge in [0.1, 0.15) is 0 Å². The molecule has 0 aliphatic carbocycles. The number of hydrogen-bond acceptors (Lipinski definition) is 4. The molecule has 4 aromatic carbocycles. The molecule has 0 atom stereocenters. The standard InChI is InChI=1S/C28H24P2S4/c31-27(29(23-13-5-1-6-14-23)24-15-7-2-8-16-24)33-21-22-34-28(32)30(25-17-9-3-10-18-25)26-19-11-4-12-20-26/h1-20H,21-22H2. The van der Waals surface area contributed by atoms with Gasteiger partial charge in [-0.15, -0.1) is 23.5 Å². The van der Waals surface area contributed by atoms with Crippen LogP contribution in [0.1, 0.15) is 0 Å². The van der Waals surface area contributed by atoms with Crippen LogP contribution in [-0.4, -0.2) is 19.4 Å². The zero-order valence-electron chi connectivity index (χ0n) is 18.5. The first-order chi connectivity index (χ1) is 16.7. The maximum Gasteiger partial charge on any atom is 0.0798 e. The van der Waals surface area contributed by atoms with Crippen molar-refractivity contribution in [3.8, 4) is 0 Å². The van der Waals surface area contributed by atoms with Crippen LogP contribution >= 0.6 is 63.8 Å². The van der Waals surface area contributed by atoms with Crippen LogP contribution in [0.25, 0.3) is 0 Å². The Morgan fingerprint density at radius 1 is 0.441 bits per heavy atom. The van der Waals surface area contributed by atoms with E-state index in [1.165, 1.54) is 21.2 Å². The van der Waals surface area contributed by atoms with E-state index in [0.29, 0.717) is 0 Å². The van der Waals surface area contributed by atoms with Crippen LogP contribution in [0.3, 0.4) is 0 Å². The van der Waals surface area contributed by atoms with E-state index >= 15 is 0 Å². The fourth-order valence-electron chi connectivity index (χ4n) is 3.42. The van der Waals surface area contributed by atoms with Gasteiger partial charge in [-0.05, 0) is 21.2 Å². The zero-order valence-corrected chi connectivity index (χ0v) is 23.5. The van der Waals surface area contributed by atoms with Crippen molar-refractivity contribution < 1.29 is 0 Å². The minimum Gasteiger partial charge on any atom is -0.113 e. The number of benzene rings is 4. The van der Waals surface area contributed by atoms with Gasteiger partial charge in [-0.25, -0.2) is 0 Å². The van der Waals surface area contributed by atoms with Crippen molar-refractivity contribution in [3.05, 3.63) is 121 Å². The summed E-state index contributed by atoms with van der Waals surface area (Å²) < 4.78 is 2.15. The zero-order chi connectivity index (χ0) is 23.6. The number of hydrogen-bond donors (Lipinski definition) is 0. The van der Waals surface area contributed by atoms with Gasteiger partial charge in [0, 0.05) is 27.3 Å². The molecule has 0 nitrogen and oxygen atoms in total. The lowest BCUT2D eigenvalue weighted by Crippen LogP contribution is -2.16. The van der Waals surface area contributed by atoms with Crippen molar-refractivity contribution in [2.45, 2.75) is 0 Å². The monoisotopic (exact) mass is 550 g/mol. The summed E-state index contributed by atoms with van der Waals surface area (Å²) in [6, 6.07) is 42.6. The van der Waals surface area contributed by atoms with E-state index in [9.17, 15) is 0 Å². The summed E-state index contributed by atoms with van der Waals surface area (Å²) in [6.45, 7) is 0. The van der Waals surface area contributed by atoms with E-state index in [4.69, 9.17) is 24.4 Å². The van der Waals surface area contributed by atoms with Crippen molar-refractivity contribution >= 4 is 92.9 Å². The van der Waals surface area contributed by atoms with E-state index in [-0.39, 0.29) is 0 Å². The third-order valence-corrected chi connectivity index (χ3v) is 14.2. The normalized spacial score (nSPS) is 11.0. The molecule has 0 radical (unpaired) electrons. The van der Waals surface area contributed by atoms with E-state index in [2.05, 4.69) is 121 Å². The van der Waals surface area contributed by atoms with Crippen molar-refractivity contribution in [2.24, 2.45) is 0 Å². The molecule has 0 aliphatic heterocycles. The summed E-state index contributed by atoms with van der Waals surface area (Å²) >= 11 is 15.6. The Kier molecular flexibility index (Phi) is 10.3. The third kappa shape index (κ3) is 7.08. The lowest BCUT2D eigenvalue weighted by Gasteiger charge is -2.20. The van der Waals surface area contributed by atoms with Crippen molar-refractivity contribution in [3.63, 3.8) is 0 Å². The van der Waals surface area contributed by atoms with Gasteiger partial charge in [0.15, 0.2) is 0 Å². The molecule has 0 amide bonds. The predicted molar refractivity (Wildman–Crippen MR) is 168 cm³/mol. The van der Waals surface area contributed by atoms with Gasteiger partial charge in [-0.3, -0.25) is 0 Å². The van der Waals surface area contributed by atoms with Crippen molar-refractivity contribution in [1.82, 2.24) is 0 Å². The largest absolute Gasteiger partial charge is 0.113 e. The Hall–Kier alpha value is -1.38. The first kappa shape index (κ1) is 25.7. The Bertz CT molecular complexity index is 1010. The van der Waals surface area contributed by atoms with Crippen LogP contribution in [-0.2, 0) is 0 Å². The van der Waals surface area contributed by atoms with Gasteiger partial charge < -0.3 is 0 Å². The summed E-state index contributed by atoms with van der Waals surface area (Å²) in [5, 5.41) is 5.23. The Balaban J connectivity index is 1.40. The molecule has 34 heavy (non-hydrogen) atoms. The van der Waals surface area contributed by atoms with Gasteiger partial charge in [0.2, 0.25) is 0 Å². The molecule has 0 aromatic heterocycles. The lowest BCUT2D eigenvalue weighted by atomic mass is 10.4. The average Bonchev–Trinajstić information content (AvgIpc) is 2.89. The quantitative estimate of drug-likeness (QED) is 0.122. The molecule has 0 fully saturated rings. The van der Waals surface area contributed by atoms with Gasteiger partial charge in [-0.1, -0.05) is 146 Å². The van der Waals surface area contributed by atoms with E-state index in [1.807, 2.05) is 0 Å². The van der Waals surface area contributed by atoms with Gasteiger partial charge in [-0.2, -0.15) is 0 Å². The molecular weight excluding hydrogens is 527 g/mol. The molecule has 0 bridgehead atoms. The molecule has 0 aliphatic rings. The maximum atomic E-state index is 5.98. The molecule has 0 saturated heterocycles. The first-order valence-corrected chi connectivity index (χ1v) is 16.3. The van der Waals surface area contributed by atoms with Gasteiger partial charge in [0.25, 0.3) is 0 Å². The second kappa shape index (κ2) is 13.6. The summed E-state index contributed by atoms with van der Waals surface area (Å²) in [6.07, 6.45) is 0. The smallest absolute Gasteiger partial charge is 0.0798 e. The Morgan fingerprint density at radius 2 is 0.676 bits per heavy atom. The maximum absolute atomic E-state index is 5.98. The minimum atomic E-state index is -0.672. The van der Waals surface area contributed by atoms with Crippen LogP contribution in [0.15, 0.2) is 121 Å². The molecule has 0 heterocycles. The highest BCUT2D eigenvalue weighted by Crippen LogP contribution is 2.43. The molecule has 170 valence electrons. The highest BCUT2D eigenvalue weighted by Gasteiger charge is 2.21. The van der Waals surface area contributed by atoms with Crippen LogP contribution in [0.5, 0.6) is 0 Å². The summed E-state index contributed by atoms with van der Waals surface area (Å²) in [7, 11) is -1.34. The summed E-state index contributed by atoms with van der Waals surface area (Å²) in [4.78, 5) is 0. The minimum absolute atomic E-state index is 0.672. The van der Waals surface area contributed by atoms with Crippen LogP contribution in [0, 0.1) is 0 Å². The SMILES string of the molecule is S=C(SCCSC(=S)P(c1ccccc1)c1ccccc1)P(c1ccccc1)c1ccccc1. The van der Waals surface area contributed by atoms with Crippen molar-refractivity contribution in [1.29, 1.82) is 0 Å². The highest BCUT2D eigenvalue weighted by molar-refractivity contribution is 8.39. The molecule has 6 heteroatoms. The fraction of sp³-hybridized carbons (Fsp3) is 0.0714. The predicted octanol–water partition coefficient (Wildman–Crippen LogP) is 7.29. The Morgan fingerprint density at radius 3 is 0.912 bits per heavy atom. The van der Waals surface area contributed by atoms with Crippen LogP contribution in [0.4, 0.5) is 0 Å². The average molecular weight is 551 g/mol. The second-order valence-electron chi connectivity index (χ2n) is 7.24. The highest BCUT2D eigenvalue weighted by atomic mass is 32.2. The van der Waals surface area contributed by atoms with Gasteiger partial charge >= 0.3 is 0 Å². The van der Waals surface area contributed by atoms with E-state index in [0.717, 1.165) is 19.4 Å².